The van der Waals surface area contributed by atoms with Crippen LogP contribution in [0.1, 0.15) is 27.0 Å². The number of hydrogen-bond donors (Lipinski definition) is 2. The van der Waals surface area contributed by atoms with Crippen LogP contribution >= 0.6 is 0 Å². The molecule has 0 aliphatic rings. The number of aliphatic carboxylic acids is 1. The van der Waals surface area contributed by atoms with Crippen molar-refractivity contribution in [3.05, 3.63) is 58.7 Å². The summed E-state index contributed by atoms with van der Waals surface area (Å²) in [4.78, 5) is 23.2. The Morgan fingerprint density at radius 3 is 2.38 bits per heavy atom. The van der Waals surface area contributed by atoms with Crippen molar-refractivity contribution in [2.24, 2.45) is 0 Å². The number of anilines is 1. The fourth-order valence-electron chi connectivity index (χ4n) is 2.62. The van der Waals surface area contributed by atoms with Gasteiger partial charge in [-0.1, -0.05) is 12.1 Å². The number of aryl methyl sites for hydroxylation is 2. The molecule has 138 valence electrons. The van der Waals surface area contributed by atoms with Crippen molar-refractivity contribution in [2.45, 2.75) is 19.6 Å². The molecule has 0 spiro atoms. The molecule has 0 fully saturated rings. The first kappa shape index (κ1) is 19.7. The molecule has 1 unspecified atom stereocenters. The second-order valence-electron chi connectivity index (χ2n) is 5.99. The fourth-order valence-corrected chi connectivity index (χ4v) is 3.27. The Kier molecular flexibility index (Phi) is 6.52. The highest BCUT2D eigenvalue weighted by atomic mass is 32.2. The lowest BCUT2D eigenvalue weighted by Crippen LogP contribution is -2.14. The van der Waals surface area contributed by atoms with Gasteiger partial charge in [0.1, 0.15) is 5.75 Å². The highest BCUT2D eigenvalue weighted by Gasteiger charge is 2.13. The van der Waals surface area contributed by atoms with E-state index in [1.165, 1.54) is 0 Å². The number of carbonyl (C=O) groups is 2. The molecule has 0 radical (unpaired) electrons. The van der Waals surface area contributed by atoms with E-state index in [1.807, 2.05) is 6.07 Å². The van der Waals surface area contributed by atoms with E-state index in [0.717, 1.165) is 5.56 Å². The molecule has 2 aromatic rings. The number of benzene rings is 2. The molecular weight excluding hydrogens is 354 g/mol. The van der Waals surface area contributed by atoms with E-state index in [-0.39, 0.29) is 5.91 Å². The monoisotopic (exact) mass is 375 g/mol. The summed E-state index contributed by atoms with van der Waals surface area (Å²) in [6.07, 6.45) is 1.63. The molecule has 0 aromatic heterocycles. The maximum Gasteiger partial charge on any atom is 0.341 e. The largest absolute Gasteiger partial charge is 0.481 e. The molecule has 0 aliphatic carbocycles. The lowest BCUT2D eigenvalue weighted by molar-refractivity contribution is -0.139. The Bertz CT molecular complexity index is 840. The third-order valence-corrected chi connectivity index (χ3v) is 4.36. The van der Waals surface area contributed by atoms with E-state index in [1.54, 1.807) is 50.4 Å². The van der Waals surface area contributed by atoms with Crippen LogP contribution in [0.3, 0.4) is 0 Å². The molecule has 2 rings (SSSR count). The third kappa shape index (κ3) is 5.42. The van der Waals surface area contributed by atoms with Gasteiger partial charge in [-0.3, -0.25) is 9.00 Å². The first-order chi connectivity index (χ1) is 12.3. The molecule has 7 heteroatoms. The third-order valence-electron chi connectivity index (χ3n) is 3.62. The summed E-state index contributed by atoms with van der Waals surface area (Å²) in [5, 5.41) is 11.6. The van der Waals surface area contributed by atoms with Crippen molar-refractivity contribution < 1.29 is 23.6 Å². The maximum absolute atomic E-state index is 12.5. The smallest absolute Gasteiger partial charge is 0.341 e. The predicted octanol–water partition coefficient (Wildman–Crippen LogP) is 2.90. The number of amides is 1. The van der Waals surface area contributed by atoms with Crippen molar-refractivity contribution in [3.8, 4) is 5.75 Å². The van der Waals surface area contributed by atoms with Gasteiger partial charge in [-0.15, -0.1) is 0 Å². The van der Waals surface area contributed by atoms with Crippen LogP contribution in [0.15, 0.2) is 36.4 Å². The van der Waals surface area contributed by atoms with E-state index in [9.17, 15) is 13.8 Å². The van der Waals surface area contributed by atoms with Crippen LogP contribution in [0.25, 0.3) is 0 Å². The summed E-state index contributed by atoms with van der Waals surface area (Å²) >= 11 is 0. The van der Waals surface area contributed by atoms with Crippen LogP contribution in [0, 0.1) is 13.8 Å². The van der Waals surface area contributed by atoms with Gasteiger partial charge in [0.15, 0.2) is 6.61 Å². The minimum Gasteiger partial charge on any atom is -0.481 e. The van der Waals surface area contributed by atoms with Crippen LogP contribution < -0.4 is 10.1 Å². The Hall–Kier alpha value is -2.67. The Balaban J connectivity index is 2.17. The number of carboxylic acids is 1. The second kappa shape index (κ2) is 8.62. The zero-order valence-corrected chi connectivity index (χ0v) is 15.7. The summed E-state index contributed by atoms with van der Waals surface area (Å²) in [7, 11) is -0.956. The summed E-state index contributed by atoms with van der Waals surface area (Å²) in [6.45, 7) is 3.09. The van der Waals surface area contributed by atoms with Gasteiger partial charge in [0.2, 0.25) is 0 Å². The van der Waals surface area contributed by atoms with E-state index in [0.29, 0.717) is 33.9 Å². The van der Waals surface area contributed by atoms with Gasteiger partial charge in [-0.05, 0) is 54.8 Å². The van der Waals surface area contributed by atoms with Gasteiger partial charge < -0.3 is 15.2 Å². The molecule has 0 heterocycles. The molecule has 1 amide bonds. The normalized spacial score (nSPS) is 11.7. The molecule has 1 atom stereocenters. The van der Waals surface area contributed by atoms with E-state index in [2.05, 4.69) is 5.32 Å². The van der Waals surface area contributed by atoms with Crippen LogP contribution in [0.5, 0.6) is 5.75 Å². The summed E-state index contributed by atoms with van der Waals surface area (Å²) in [6, 6.07) is 10.5. The Labute approximate surface area is 154 Å². The standard InChI is InChI=1S/C19H21NO5S/c1-12-7-15(8-13(2)18(12)25-10-17(21)22)19(23)20-16-6-4-5-14(9-16)11-26(3)24/h4-9H,10-11H2,1-3H3,(H,20,23)(H,21,22). The summed E-state index contributed by atoms with van der Waals surface area (Å²) in [5.41, 5.74) is 3.33. The number of ether oxygens (including phenoxy) is 1. The average molecular weight is 375 g/mol. The number of rotatable bonds is 7. The highest BCUT2D eigenvalue weighted by Crippen LogP contribution is 2.25. The number of hydrogen-bond acceptors (Lipinski definition) is 4. The Morgan fingerprint density at radius 2 is 1.81 bits per heavy atom. The van der Waals surface area contributed by atoms with E-state index >= 15 is 0 Å². The number of carbonyl (C=O) groups excluding carboxylic acids is 1. The minimum atomic E-state index is -1.06. The van der Waals surface area contributed by atoms with Crippen molar-refractivity contribution in [2.75, 3.05) is 18.2 Å². The van der Waals surface area contributed by atoms with E-state index < -0.39 is 23.4 Å². The van der Waals surface area contributed by atoms with Gasteiger partial charge in [0.25, 0.3) is 5.91 Å². The van der Waals surface area contributed by atoms with Crippen LogP contribution in [-0.4, -0.2) is 34.1 Å². The van der Waals surface area contributed by atoms with Crippen LogP contribution in [0.2, 0.25) is 0 Å². The topological polar surface area (TPSA) is 92.7 Å². The molecule has 0 saturated heterocycles. The van der Waals surface area contributed by atoms with Crippen molar-refractivity contribution in [1.29, 1.82) is 0 Å². The molecular formula is C19H21NO5S. The van der Waals surface area contributed by atoms with Crippen LogP contribution in [0.4, 0.5) is 5.69 Å². The van der Waals surface area contributed by atoms with Gasteiger partial charge in [0, 0.05) is 34.1 Å². The minimum absolute atomic E-state index is 0.282. The molecule has 2 aromatic carbocycles. The number of carboxylic acid groups (broad SMARTS) is 1. The maximum atomic E-state index is 12.5. The van der Waals surface area contributed by atoms with Crippen molar-refractivity contribution in [3.63, 3.8) is 0 Å². The average Bonchev–Trinajstić information content (AvgIpc) is 2.53. The first-order valence-electron chi connectivity index (χ1n) is 7.92. The molecule has 26 heavy (non-hydrogen) atoms. The SMILES string of the molecule is Cc1cc(C(=O)Nc2cccc(CS(C)=O)c2)cc(C)c1OCC(=O)O. The molecule has 0 bridgehead atoms. The zero-order valence-electron chi connectivity index (χ0n) is 14.9. The molecule has 6 nitrogen and oxygen atoms in total. The quantitative estimate of drug-likeness (QED) is 0.776. The van der Waals surface area contributed by atoms with Gasteiger partial charge >= 0.3 is 5.97 Å². The highest BCUT2D eigenvalue weighted by molar-refractivity contribution is 7.83. The summed E-state index contributed by atoms with van der Waals surface area (Å²) < 4.78 is 16.6. The lowest BCUT2D eigenvalue weighted by atomic mass is 10.0. The van der Waals surface area contributed by atoms with Gasteiger partial charge in [-0.25, -0.2) is 4.79 Å². The number of nitrogens with one attached hydrogen (secondary N) is 1. The van der Waals surface area contributed by atoms with Crippen molar-refractivity contribution in [1.82, 2.24) is 0 Å². The zero-order chi connectivity index (χ0) is 19.3. The second-order valence-corrected chi connectivity index (χ2v) is 7.43. The molecule has 0 saturated carbocycles. The van der Waals surface area contributed by atoms with E-state index in [4.69, 9.17) is 9.84 Å². The van der Waals surface area contributed by atoms with Gasteiger partial charge in [0.05, 0.1) is 0 Å². The predicted molar refractivity (Wildman–Crippen MR) is 101 cm³/mol. The lowest BCUT2D eigenvalue weighted by Gasteiger charge is -2.13. The van der Waals surface area contributed by atoms with Crippen molar-refractivity contribution >= 4 is 28.4 Å². The van der Waals surface area contributed by atoms with Gasteiger partial charge in [-0.2, -0.15) is 0 Å². The molecule has 2 N–H and O–H groups in total. The summed E-state index contributed by atoms with van der Waals surface area (Å²) in [5.74, 6) is -0.442. The molecule has 0 aliphatic heterocycles. The van der Waals surface area contributed by atoms with Crippen LogP contribution in [-0.2, 0) is 21.3 Å². The first-order valence-corrected chi connectivity index (χ1v) is 9.65. The Morgan fingerprint density at radius 1 is 1.15 bits per heavy atom. The fraction of sp³-hybridized carbons (Fsp3) is 0.263.